The van der Waals surface area contributed by atoms with Crippen molar-refractivity contribution in [1.29, 1.82) is 0 Å². The Morgan fingerprint density at radius 1 is 0.696 bits per heavy atom. The van der Waals surface area contributed by atoms with Crippen molar-refractivity contribution < 1.29 is 28.5 Å². The number of fused-ring (bicyclic) bond motifs is 3. The van der Waals surface area contributed by atoms with Gasteiger partial charge < -0.3 is 18.9 Å². The number of carbonyl (C=O) groups is 2. The van der Waals surface area contributed by atoms with Gasteiger partial charge in [0.25, 0.3) is 0 Å². The fourth-order valence-electron chi connectivity index (χ4n) is 8.57. The Hall–Kier alpha value is -2.70. The predicted octanol–water partition coefficient (Wildman–Crippen LogP) is 8.94. The van der Waals surface area contributed by atoms with Crippen LogP contribution in [0.5, 0.6) is 11.5 Å². The highest BCUT2D eigenvalue weighted by atomic mass is 16.6. The second kappa shape index (κ2) is 13.1. The van der Waals surface area contributed by atoms with Gasteiger partial charge in [-0.05, 0) is 128 Å². The zero-order valence-electron chi connectivity index (χ0n) is 28.1. The smallest absolute Gasteiger partial charge is 0.314 e. The summed E-state index contributed by atoms with van der Waals surface area (Å²) in [5.41, 5.74) is 4.59. The minimum Gasteiger partial charge on any atom is -0.426 e. The van der Waals surface area contributed by atoms with Gasteiger partial charge in [-0.3, -0.25) is 9.59 Å². The van der Waals surface area contributed by atoms with Crippen molar-refractivity contribution in [3.63, 3.8) is 0 Å². The molecule has 2 aromatic carbocycles. The van der Waals surface area contributed by atoms with E-state index < -0.39 is 0 Å². The van der Waals surface area contributed by atoms with E-state index in [2.05, 4.69) is 32.9 Å². The third kappa shape index (κ3) is 7.23. The third-order valence-electron chi connectivity index (χ3n) is 12.0. The van der Waals surface area contributed by atoms with E-state index in [0.717, 1.165) is 92.8 Å². The lowest BCUT2D eigenvalue weighted by Crippen LogP contribution is -2.30. The molecule has 2 aromatic rings. The monoisotopic (exact) mass is 628 g/mol. The zero-order valence-corrected chi connectivity index (χ0v) is 28.1. The molecule has 2 unspecified atom stereocenters. The molecule has 6 nitrogen and oxygen atoms in total. The van der Waals surface area contributed by atoms with Crippen LogP contribution in [0, 0.1) is 23.2 Å². The Labute approximate surface area is 274 Å². The normalized spacial score (nSPS) is 30.6. The standard InChI is InChI=1S/C40H52O6/c1-39(2)35-22-29(45-37(41)27-11-9-26(10-12-27)6-4-7-31-24-43-31)13-15-33(35)34-16-14-30(23-36(34)39)46-38(42)28-17-20-40(3,21-18-28)19-5-8-32-25-44-32/h13-16,22-23,26-28,31-32H,4-12,17-21,24-25H2,1-3H3. The molecule has 46 heavy (non-hydrogen) atoms. The van der Waals surface area contributed by atoms with Crippen LogP contribution in [0.15, 0.2) is 36.4 Å². The van der Waals surface area contributed by atoms with Crippen LogP contribution in [-0.4, -0.2) is 37.4 Å². The summed E-state index contributed by atoms with van der Waals surface area (Å²) in [4.78, 5) is 26.4. The Morgan fingerprint density at radius 2 is 1.20 bits per heavy atom. The van der Waals surface area contributed by atoms with Gasteiger partial charge in [0.15, 0.2) is 0 Å². The van der Waals surface area contributed by atoms with Crippen LogP contribution in [-0.2, 0) is 24.5 Å². The van der Waals surface area contributed by atoms with Crippen LogP contribution in [0.4, 0.5) is 0 Å². The summed E-state index contributed by atoms with van der Waals surface area (Å²) in [6, 6.07) is 12.1. The van der Waals surface area contributed by atoms with Crippen molar-refractivity contribution in [2.24, 2.45) is 23.2 Å². The van der Waals surface area contributed by atoms with Gasteiger partial charge in [-0.2, -0.15) is 0 Å². The molecule has 0 radical (unpaired) electrons. The van der Waals surface area contributed by atoms with Gasteiger partial charge in [-0.1, -0.05) is 52.2 Å². The lowest BCUT2D eigenvalue weighted by molar-refractivity contribution is -0.141. The number of rotatable bonds is 12. The predicted molar refractivity (Wildman–Crippen MR) is 178 cm³/mol. The molecule has 2 saturated carbocycles. The number of epoxide rings is 2. The average molecular weight is 629 g/mol. The molecule has 0 N–H and O–H groups in total. The molecule has 0 aromatic heterocycles. The Balaban J connectivity index is 0.927. The molecule has 7 rings (SSSR count). The average Bonchev–Trinajstić information content (AvgIpc) is 3.99. The molecule has 2 aliphatic heterocycles. The van der Waals surface area contributed by atoms with Gasteiger partial charge in [-0.25, -0.2) is 0 Å². The minimum atomic E-state index is -0.308. The van der Waals surface area contributed by atoms with E-state index in [-0.39, 0.29) is 29.2 Å². The number of esters is 2. The highest BCUT2D eigenvalue weighted by Crippen LogP contribution is 2.51. The molecule has 0 spiro atoms. The molecule has 4 fully saturated rings. The van der Waals surface area contributed by atoms with E-state index in [4.69, 9.17) is 18.9 Å². The number of hydrogen-bond donors (Lipinski definition) is 0. The fourth-order valence-corrected chi connectivity index (χ4v) is 8.57. The van der Waals surface area contributed by atoms with E-state index in [1.165, 1.54) is 38.5 Å². The molecular formula is C40H52O6. The highest BCUT2D eigenvalue weighted by molar-refractivity contribution is 5.83. The Morgan fingerprint density at radius 3 is 1.72 bits per heavy atom. The molecule has 3 aliphatic carbocycles. The van der Waals surface area contributed by atoms with Crippen molar-refractivity contribution in [2.75, 3.05) is 13.2 Å². The molecular weight excluding hydrogens is 576 g/mol. The summed E-state index contributed by atoms with van der Waals surface area (Å²) in [5, 5.41) is 0. The summed E-state index contributed by atoms with van der Waals surface area (Å²) < 4.78 is 22.7. The van der Waals surface area contributed by atoms with E-state index in [0.29, 0.717) is 29.1 Å². The largest absolute Gasteiger partial charge is 0.426 e. The summed E-state index contributed by atoms with van der Waals surface area (Å²) in [6.45, 7) is 8.66. The van der Waals surface area contributed by atoms with Gasteiger partial charge in [0.1, 0.15) is 11.5 Å². The van der Waals surface area contributed by atoms with E-state index in [1.54, 1.807) is 0 Å². The van der Waals surface area contributed by atoms with Crippen molar-refractivity contribution in [1.82, 2.24) is 0 Å². The maximum Gasteiger partial charge on any atom is 0.314 e. The Kier molecular flexibility index (Phi) is 9.06. The summed E-state index contributed by atoms with van der Waals surface area (Å²) in [7, 11) is 0. The topological polar surface area (TPSA) is 77.7 Å². The summed E-state index contributed by atoms with van der Waals surface area (Å²) in [6.07, 6.45) is 16.3. The maximum atomic E-state index is 13.2. The van der Waals surface area contributed by atoms with Crippen molar-refractivity contribution in [2.45, 2.75) is 128 Å². The van der Waals surface area contributed by atoms with Crippen molar-refractivity contribution in [3.05, 3.63) is 47.5 Å². The molecule has 6 heteroatoms. The third-order valence-corrected chi connectivity index (χ3v) is 12.0. The van der Waals surface area contributed by atoms with Crippen LogP contribution >= 0.6 is 0 Å². The second-order valence-electron chi connectivity index (χ2n) is 15.9. The van der Waals surface area contributed by atoms with Gasteiger partial charge in [0.05, 0.1) is 37.3 Å². The molecule has 248 valence electrons. The molecule has 2 heterocycles. The number of hydrogen-bond acceptors (Lipinski definition) is 6. The van der Waals surface area contributed by atoms with E-state index in [9.17, 15) is 9.59 Å². The summed E-state index contributed by atoms with van der Waals surface area (Å²) >= 11 is 0. The molecule has 2 saturated heterocycles. The van der Waals surface area contributed by atoms with E-state index in [1.807, 2.05) is 24.3 Å². The first-order valence-corrected chi connectivity index (χ1v) is 18.1. The molecule has 0 amide bonds. The van der Waals surface area contributed by atoms with Gasteiger partial charge in [0.2, 0.25) is 0 Å². The molecule has 2 atom stereocenters. The number of ether oxygens (including phenoxy) is 4. The van der Waals surface area contributed by atoms with Gasteiger partial charge in [0, 0.05) is 5.41 Å². The first-order chi connectivity index (χ1) is 22.2. The highest BCUT2D eigenvalue weighted by Gasteiger charge is 2.38. The zero-order chi connectivity index (χ0) is 31.9. The van der Waals surface area contributed by atoms with Gasteiger partial charge in [-0.15, -0.1) is 0 Å². The van der Waals surface area contributed by atoms with E-state index >= 15 is 0 Å². The molecule has 0 bridgehead atoms. The lowest BCUT2D eigenvalue weighted by atomic mass is 9.69. The van der Waals surface area contributed by atoms with Crippen LogP contribution in [0.1, 0.15) is 122 Å². The first-order valence-electron chi connectivity index (χ1n) is 18.1. The summed E-state index contributed by atoms with van der Waals surface area (Å²) in [5.74, 6) is 1.72. The van der Waals surface area contributed by atoms with Crippen LogP contribution in [0.2, 0.25) is 0 Å². The number of benzene rings is 2. The number of carbonyl (C=O) groups excluding carboxylic acids is 2. The Bertz CT molecular complexity index is 1420. The van der Waals surface area contributed by atoms with Gasteiger partial charge >= 0.3 is 11.9 Å². The minimum absolute atomic E-state index is 0.0148. The lowest BCUT2D eigenvalue weighted by Gasteiger charge is -2.36. The van der Waals surface area contributed by atoms with Crippen LogP contribution < -0.4 is 9.47 Å². The second-order valence-corrected chi connectivity index (χ2v) is 15.9. The quantitative estimate of drug-likeness (QED) is 0.133. The first kappa shape index (κ1) is 31.9. The van der Waals surface area contributed by atoms with Crippen molar-refractivity contribution >= 4 is 11.9 Å². The molecule has 5 aliphatic rings. The van der Waals surface area contributed by atoms with Crippen molar-refractivity contribution in [3.8, 4) is 22.6 Å². The van der Waals surface area contributed by atoms with Crippen LogP contribution in [0.3, 0.4) is 0 Å². The fraction of sp³-hybridized carbons (Fsp3) is 0.650. The van der Waals surface area contributed by atoms with Crippen LogP contribution in [0.25, 0.3) is 11.1 Å². The maximum absolute atomic E-state index is 13.2. The SMILES string of the molecule is CC1(CCCC2CO2)CCC(C(=O)Oc2ccc3c(c2)C(C)(C)c2cc(OC(=O)C4CCC(CCCC5CO5)CC4)ccc2-3)CC1.